The van der Waals surface area contributed by atoms with Crippen LogP contribution in [0.15, 0.2) is 0 Å². The van der Waals surface area contributed by atoms with Crippen LogP contribution in [0, 0.1) is 5.92 Å². The van der Waals surface area contributed by atoms with Gasteiger partial charge in [-0.15, -0.1) is 0 Å². The minimum absolute atomic E-state index is 0.165. The summed E-state index contributed by atoms with van der Waals surface area (Å²) in [6.45, 7) is 3.39. The number of carbonyl (C=O) groups is 7. The van der Waals surface area contributed by atoms with Gasteiger partial charge in [0.25, 0.3) is 0 Å². The molecule has 0 heterocycles. The van der Waals surface area contributed by atoms with Crippen LogP contribution in [-0.4, -0.2) is 75.9 Å². The minimum atomic E-state index is -1.49. The lowest BCUT2D eigenvalue weighted by molar-refractivity contribution is -0.143. The van der Waals surface area contributed by atoms with Crippen molar-refractivity contribution < 1.29 is 43.8 Å². The van der Waals surface area contributed by atoms with Crippen molar-refractivity contribution in [2.75, 3.05) is 0 Å². The zero-order chi connectivity index (χ0) is 28.0. The first-order valence-corrected chi connectivity index (χ1v) is 11.4. The first-order chi connectivity index (χ1) is 16.7. The molecule has 0 aromatic carbocycles. The fraction of sp³-hybridized carbons (Fsp3) is 0.667. The number of hydrogen-bond acceptors (Lipinski definition) is 8. The molecule has 0 aliphatic carbocycles. The number of carboxylic acid groups (broad SMARTS) is 2. The highest BCUT2D eigenvalue weighted by atomic mass is 16.4. The van der Waals surface area contributed by atoms with E-state index < -0.39 is 71.6 Å². The van der Waals surface area contributed by atoms with Crippen LogP contribution in [0.2, 0.25) is 0 Å². The van der Waals surface area contributed by atoms with E-state index in [2.05, 4.69) is 16.0 Å². The van der Waals surface area contributed by atoms with Gasteiger partial charge in [-0.2, -0.15) is 0 Å². The molecular formula is C21H36N6O9. The molecule has 5 atom stereocenters. The second-order valence-corrected chi connectivity index (χ2v) is 8.38. The van der Waals surface area contributed by atoms with Crippen LogP contribution in [-0.2, 0) is 33.6 Å². The van der Waals surface area contributed by atoms with Crippen LogP contribution in [0.3, 0.4) is 0 Å². The second-order valence-electron chi connectivity index (χ2n) is 8.38. The van der Waals surface area contributed by atoms with Crippen LogP contribution in [0.5, 0.6) is 0 Å². The van der Waals surface area contributed by atoms with E-state index in [0.29, 0.717) is 6.42 Å². The van der Waals surface area contributed by atoms with Crippen LogP contribution < -0.4 is 33.2 Å². The van der Waals surface area contributed by atoms with Gasteiger partial charge in [0.2, 0.25) is 29.5 Å². The fourth-order valence-corrected chi connectivity index (χ4v) is 3.01. The minimum Gasteiger partial charge on any atom is -0.481 e. The summed E-state index contributed by atoms with van der Waals surface area (Å²) in [6, 6.07) is -5.26. The monoisotopic (exact) mass is 516 g/mol. The van der Waals surface area contributed by atoms with Crippen molar-refractivity contribution in [3.8, 4) is 0 Å². The van der Waals surface area contributed by atoms with Gasteiger partial charge in [0.15, 0.2) is 0 Å². The van der Waals surface area contributed by atoms with Gasteiger partial charge >= 0.3 is 11.9 Å². The molecule has 0 saturated heterocycles. The Morgan fingerprint density at radius 1 is 0.722 bits per heavy atom. The Hall–Kier alpha value is -3.75. The van der Waals surface area contributed by atoms with Crippen LogP contribution >= 0.6 is 0 Å². The molecule has 36 heavy (non-hydrogen) atoms. The zero-order valence-electron chi connectivity index (χ0n) is 20.3. The Morgan fingerprint density at radius 2 is 1.22 bits per heavy atom. The summed E-state index contributed by atoms with van der Waals surface area (Å²) in [5.74, 6) is -7.11. The quantitative estimate of drug-likeness (QED) is 0.0932. The van der Waals surface area contributed by atoms with Crippen LogP contribution in [0.25, 0.3) is 0 Å². The summed E-state index contributed by atoms with van der Waals surface area (Å²) in [5.41, 5.74) is 15.9. The number of amides is 5. The molecule has 0 fully saturated rings. The third-order valence-electron chi connectivity index (χ3n) is 5.41. The van der Waals surface area contributed by atoms with E-state index in [4.69, 9.17) is 22.3 Å². The maximum absolute atomic E-state index is 13.0. The molecule has 15 heteroatoms. The van der Waals surface area contributed by atoms with Crippen molar-refractivity contribution >= 4 is 41.5 Å². The molecule has 0 aliphatic heterocycles. The normalized spacial score (nSPS) is 14.9. The maximum atomic E-state index is 13.0. The van der Waals surface area contributed by atoms with Crippen LogP contribution in [0.1, 0.15) is 58.8 Å². The van der Waals surface area contributed by atoms with Gasteiger partial charge in [-0.1, -0.05) is 20.3 Å². The van der Waals surface area contributed by atoms with Crippen molar-refractivity contribution in [1.82, 2.24) is 16.0 Å². The smallest absolute Gasteiger partial charge is 0.326 e. The first kappa shape index (κ1) is 32.2. The highest BCUT2D eigenvalue weighted by Crippen LogP contribution is 2.11. The molecule has 0 saturated carbocycles. The Kier molecular flexibility index (Phi) is 14.4. The van der Waals surface area contributed by atoms with Gasteiger partial charge in [-0.05, 0) is 25.2 Å². The Labute approximate surface area is 207 Å². The highest BCUT2D eigenvalue weighted by Gasteiger charge is 2.32. The third-order valence-corrected chi connectivity index (χ3v) is 5.41. The summed E-state index contributed by atoms with van der Waals surface area (Å²) >= 11 is 0. The van der Waals surface area contributed by atoms with E-state index in [0.717, 1.165) is 0 Å². The molecule has 0 bridgehead atoms. The van der Waals surface area contributed by atoms with Crippen molar-refractivity contribution in [3.63, 3.8) is 0 Å². The van der Waals surface area contributed by atoms with Gasteiger partial charge in [-0.25, -0.2) is 4.79 Å². The number of nitrogens with one attached hydrogen (secondary N) is 3. The summed E-state index contributed by atoms with van der Waals surface area (Å²) in [4.78, 5) is 82.6. The molecular weight excluding hydrogens is 480 g/mol. The lowest BCUT2D eigenvalue weighted by Crippen LogP contribution is -2.58. The summed E-state index contributed by atoms with van der Waals surface area (Å²) < 4.78 is 0. The number of hydrogen-bond donors (Lipinski definition) is 8. The van der Waals surface area contributed by atoms with E-state index >= 15 is 0 Å². The van der Waals surface area contributed by atoms with Crippen molar-refractivity contribution in [2.24, 2.45) is 23.1 Å². The zero-order valence-corrected chi connectivity index (χ0v) is 20.3. The molecule has 15 nitrogen and oxygen atoms in total. The van der Waals surface area contributed by atoms with Crippen molar-refractivity contribution in [1.29, 1.82) is 0 Å². The predicted octanol–water partition coefficient (Wildman–Crippen LogP) is -2.71. The molecule has 0 radical (unpaired) electrons. The van der Waals surface area contributed by atoms with E-state index in [1.165, 1.54) is 0 Å². The molecule has 204 valence electrons. The van der Waals surface area contributed by atoms with Gasteiger partial charge in [-0.3, -0.25) is 28.8 Å². The van der Waals surface area contributed by atoms with Crippen molar-refractivity contribution in [3.05, 3.63) is 0 Å². The average molecular weight is 517 g/mol. The molecule has 0 spiro atoms. The second kappa shape index (κ2) is 16.0. The van der Waals surface area contributed by atoms with Gasteiger partial charge in [0, 0.05) is 19.3 Å². The third kappa shape index (κ3) is 12.6. The number of rotatable bonds is 18. The topological polar surface area (TPSA) is 274 Å². The molecule has 0 aromatic heterocycles. The summed E-state index contributed by atoms with van der Waals surface area (Å²) in [7, 11) is 0. The Balaban J connectivity index is 5.61. The highest BCUT2D eigenvalue weighted by molar-refractivity contribution is 5.94. The number of carbonyl (C=O) groups excluding carboxylic acids is 5. The molecule has 11 N–H and O–H groups in total. The maximum Gasteiger partial charge on any atom is 0.326 e. The lowest BCUT2D eigenvalue weighted by atomic mass is 9.96. The number of carboxylic acids is 2. The van der Waals surface area contributed by atoms with Gasteiger partial charge in [0.1, 0.15) is 18.1 Å². The SMILES string of the molecule is CCC(C)C(NC(=O)C(N)CCC(=O)O)C(=O)NC(CCC(N)=O)C(=O)NC(CCC(N)=O)C(=O)O. The molecule has 5 amide bonds. The Morgan fingerprint density at radius 3 is 1.67 bits per heavy atom. The van der Waals surface area contributed by atoms with E-state index in [-0.39, 0.29) is 38.5 Å². The van der Waals surface area contributed by atoms with Crippen molar-refractivity contribution in [2.45, 2.75) is 83.0 Å². The number of aliphatic carboxylic acids is 2. The standard InChI is InChI=1S/C21H36N6O9/c1-3-10(2)17(27-18(32)11(22)4-9-16(30)31)20(34)25-12(5-7-14(23)28)19(33)26-13(21(35)36)6-8-15(24)29/h10-13,17H,3-9,22H2,1-2H3,(H2,23,28)(H2,24,29)(H,25,34)(H,26,33)(H,27,32)(H,30,31)(H,35,36). The number of primary amides is 2. The Bertz CT molecular complexity index is 835. The largest absolute Gasteiger partial charge is 0.481 e. The molecule has 0 aromatic rings. The molecule has 0 rings (SSSR count). The van der Waals surface area contributed by atoms with E-state index in [1.54, 1.807) is 13.8 Å². The first-order valence-electron chi connectivity index (χ1n) is 11.4. The molecule has 5 unspecified atom stereocenters. The average Bonchev–Trinajstić information content (AvgIpc) is 2.79. The van der Waals surface area contributed by atoms with E-state index in [1.807, 2.05) is 0 Å². The van der Waals surface area contributed by atoms with Crippen LogP contribution in [0.4, 0.5) is 0 Å². The summed E-state index contributed by atoms with van der Waals surface area (Å²) in [6.07, 6.45) is -1.31. The van der Waals surface area contributed by atoms with Gasteiger partial charge in [0.05, 0.1) is 6.04 Å². The fourth-order valence-electron chi connectivity index (χ4n) is 3.01. The molecule has 0 aliphatic rings. The lowest BCUT2D eigenvalue weighted by Gasteiger charge is -2.28. The summed E-state index contributed by atoms with van der Waals surface area (Å²) in [5, 5.41) is 25.1. The number of nitrogens with two attached hydrogens (primary N) is 3. The predicted molar refractivity (Wildman–Crippen MR) is 125 cm³/mol. The van der Waals surface area contributed by atoms with Gasteiger partial charge < -0.3 is 43.4 Å². The van der Waals surface area contributed by atoms with E-state index in [9.17, 15) is 38.7 Å².